The molecule has 0 aliphatic carbocycles. The lowest BCUT2D eigenvalue weighted by Crippen LogP contribution is -2.71. The Morgan fingerprint density at radius 2 is 0.744 bits per heavy atom. The topological polar surface area (TPSA) is 816 Å². The van der Waals surface area contributed by atoms with Crippen molar-refractivity contribution in [2.75, 3.05) is 52.9 Å². The molecule has 676 valence electrons. The van der Waals surface area contributed by atoms with E-state index < -0.39 is 371 Å². The van der Waals surface area contributed by atoms with E-state index in [1.807, 2.05) is 0 Å². The number of amides is 4. The van der Waals surface area contributed by atoms with Crippen molar-refractivity contribution >= 4 is 29.6 Å². The highest BCUT2D eigenvalue weighted by molar-refractivity contribution is 5.77. The van der Waals surface area contributed by atoms with Gasteiger partial charge in [-0.05, 0) is 6.92 Å². The summed E-state index contributed by atoms with van der Waals surface area (Å²) in [4.78, 5) is 64.1. The number of hydrogen-bond donors (Lipinski definition) is 30. The fourth-order valence-electron chi connectivity index (χ4n) is 15.0. The molecule has 9 heterocycles. The quantitative estimate of drug-likeness (QED) is 0.0306. The number of aliphatic hydroxyl groups is 25. The smallest absolute Gasteiger partial charge is 0.364 e. The number of rotatable bonds is 31. The third-order valence-electron chi connectivity index (χ3n) is 21.3. The molecule has 9 aliphatic heterocycles. The molecule has 0 aromatic heterocycles. The van der Waals surface area contributed by atoms with Crippen LogP contribution in [0.3, 0.4) is 0 Å². The maximum absolute atomic E-state index is 13.2. The Labute approximate surface area is 662 Å². The third-order valence-corrected chi connectivity index (χ3v) is 21.3. The minimum absolute atomic E-state index is 0.829. The summed E-state index contributed by atoms with van der Waals surface area (Å²) in [5.74, 6) is -9.15. The second-order valence-electron chi connectivity index (χ2n) is 29.6. The summed E-state index contributed by atoms with van der Waals surface area (Å²) in [6.07, 6.45) is -88.0. The molecule has 9 rings (SSSR count). The molecule has 1 unspecified atom stereocenters. The summed E-state index contributed by atoms with van der Waals surface area (Å²) in [6, 6.07) is -7.54. The first kappa shape index (κ1) is 96.5. The lowest BCUT2D eigenvalue weighted by molar-refractivity contribution is -0.400. The molecule has 117 heavy (non-hydrogen) atoms. The number of carbonyl (C=O) groups is 5. The molecule has 0 aromatic carbocycles. The van der Waals surface area contributed by atoms with E-state index in [4.69, 9.17) is 80.5 Å². The van der Waals surface area contributed by atoms with Crippen LogP contribution < -0.4 is 21.3 Å². The van der Waals surface area contributed by atoms with Crippen LogP contribution in [0.1, 0.15) is 41.0 Å². The normalized spacial score (nSPS) is 47.9. The molecule has 30 N–H and O–H groups in total. The molecule has 0 aromatic rings. The number of carboxylic acids is 1. The van der Waals surface area contributed by atoms with Crippen LogP contribution in [0.4, 0.5) is 0 Å². The van der Waals surface area contributed by atoms with Crippen molar-refractivity contribution in [3.8, 4) is 0 Å². The predicted octanol–water partition coefficient (Wildman–Crippen LogP) is -19.8. The van der Waals surface area contributed by atoms with Crippen molar-refractivity contribution in [3.05, 3.63) is 0 Å². The van der Waals surface area contributed by atoms with Gasteiger partial charge in [-0.15, -0.1) is 0 Å². The number of aliphatic carboxylic acids is 1. The largest absolute Gasteiger partial charge is 0.477 e. The van der Waals surface area contributed by atoms with Gasteiger partial charge >= 0.3 is 5.97 Å². The zero-order valence-corrected chi connectivity index (χ0v) is 63.0. The van der Waals surface area contributed by atoms with E-state index in [2.05, 4.69) is 21.3 Å². The van der Waals surface area contributed by atoms with Crippen molar-refractivity contribution in [3.63, 3.8) is 0 Å². The fourth-order valence-corrected chi connectivity index (χ4v) is 15.0. The second kappa shape index (κ2) is 41.4. The highest BCUT2D eigenvalue weighted by atomic mass is 16.8. The summed E-state index contributed by atoms with van der Waals surface area (Å²) < 4.78 is 99.9. The number of carbonyl (C=O) groups excluding carboxylic acids is 4. The monoisotopic (exact) mass is 1710 g/mol. The molecular weight excluding hydrogens is 1600 g/mol. The Balaban J connectivity index is 1.00. The molecule has 0 saturated carbocycles. The number of hydrogen-bond acceptors (Lipinski definition) is 47. The molecule has 9 aliphatic rings. The Bertz CT molecular complexity index is 3190. The summed E-state index contributed by atoms with van der Waals surface area (Å²) >= 11 is 0. The van der Waals surface area contributed by atoms with Gasteiger partial charge in [-0.25, -0.2) is 4.79 Å². The maximum Gasteiger partial charge on any atom is 0.364 e. The predicted molar refractivity (Wildman–Crippen MR) is 359 cm³/mol. The number of aliphatic hydroxyl groups excluding tert-OH is 25. The van der Waals surface area contributed by atoms with E-state index in [1.165, 1.54) is 6.92 Å². The minimum Gasteiger partial charge on any atom is -0.477 e. The van der Waals surface area contributed by atoms with Crippen molar-refractivity contribution < 1.29 is 237 Å². The van der Waals surface area contributed by atoms with Crippen LogP contribution in [0.15, 0.2) is 0 Å². The standard InChI is InChI=1S/C65H108N4O48/c1-15-33(82)42(91)45(94)59(103-15)102-14-28-51(39(88)30(56(98)104-28)67-17(3)77)111-57-31(68-18(4)78)40(89)49(25(11-74)108-57)112-61-47(96)53(38(87)27(110-61)13-101-60-46(95)43(92)35(84)22(8-71)105-60)114-63-55(44(93)36(85)23(9-72)107-63)115-58-32(69-19(5)79)41(90)50(26(12-75)109-58)113-62-48(97)54(37(86)24(10-73)106-62)117-65(64(99)100)6-20(80)29(66-16(2)76)52(116-65)34(83)21(81)7-70/h15,20-63,70-75,80-98H,6-14H2,1-5H3,(H,66,76)(H,67,77)(H,68,78)(H,69,79)(H,99,100)/t15-,20-,21+,22+,23+,24+,25+,26+,27+,28+,29+,30+,31+,32+,33+,34+,35+,36+,37-,38+,39+,40+,41+,42+,43-,44-,45-,46-,47-,48+,49+,50+,51+,52+,53-,54-,55-,56?,57-,58-,59+,60-,61-,62-,63+,65-/m0/s1. The summed E-state index contributed by atoms with van der Waals surface area (Å²) in [5, 5.41) is 298. The van der Waals surface area contributed by atoms with Gasteiger partial charge in [0.2, 0.25) is 23.6 Å². The number of ether oxygens (including phenoxy) is 17. The van der Waals surface area contributed by atoms with E-state index in [-0.39, 0.29) is 0 Å². The van der Waals surface area contributed by atoms with Gasteiger partial charge in [-0.2, -0.15) is 0 Å². The SMILES string of the molecule is CC(=O)N[C@H]1[C@H](O[C@H]2[C@H](O)[C@@H](NC(C)=O)C(O)O[C@@H]2CO[C@@H]2O[C@@H](C)[C@@H](O)[C@@H](O)[C@@H]2O)O[C@H](CO)[C@@H](O[C@@H]2O[C@H](CO[C@H]3O[C@H](CO)[C@@H](O)[C@H](O)[C@@H]3O)[C@@H](O)[C@H](O[C@H]3O[C@H](CO)[C@@H](O)[C@H](O)[C@@H]3O[C@@H]3O[C@H](CO)[C@@H](O[C@@H]4O[C@H](CO)[C@H](O)[C@H](O[C@]5(C(=O)O)C[C@H](O)[C@@H](NC(C)=O)[C@H]([C@H](O)[C@H](O)CO)O5)[C@H]4O)[C@H](O)[C@H]3NC(C)=O)[C@@H]2O)[C@@H]1O. The third kappa shape index (κ3) is 21.4. The highest BCUT2D eigenvalue weighted by Gasteiger charge is 2.63. The number of carboxylic acid groups (broad SMARTS) is 1. The average Bonchev–Trinajstić information content (AvgIpc) is 0.748. The molecule has 46 atom stereocenters. The summed E-state index contributed by atoms with van der Waals surface area (Å²) in [5.41, 5.74) is 0. The van der Waals surface area contributed by atoms with E-state index in [0.717, 1.165) is 27.7 Å². The first-order valence-electron chi connectivity index (χ1n) is 37.1. The van der Waals surface area contributed by atoms with Gasteiger partial charge in [0.25, 0.3) is 5.79 Å². The molecule has 0 bridgehead atoms. The molecule has 52 nitrogen and oxygen atoms in total. The highest BCUT2D eigenvalue weighted by Crippen LogP contribution is 2.42. The molecular formula is C65H108N4O48. The lowest BCUT2D eigenvalue weighted by Gasteiger charge is -2.51. The number of nitrogens with one attached hydrogen (secondary N) is 4. The van der Waals surface area contributed by atoms with Crippen molar-refractivity contribution in [1.82, 2.24) is 21.3 Å². The van der Waals surface area contributed by atoms with Crippen LogP contribution in [0.25, 0.3) is 0 Å². The van der Waals surface area contributed by atoms with Crippen LogP contribution in [0, 0.1) is 0 Å². The van der Waals surface area contributed by atoms with E-state index in [1.54, 1.807) is 0 Å². The van der Waals surface area contributed by atoms with Crippen molar-refractivity contribution in [2.45, 2.75) is 323 Å². The molecule has 9 saturated heterocycles. The van der Waals surface area contributed by atoms with Gasteiger partial charge in [0.15, 0.2) is 50.3 Å². The van der Waals surface area contributed by atoms with Gasteiger partial charge in [0.05, 0.1) is 71.1 Å². The average molecular weight is 1710 g/mol. The second-order valence-corrected chi connectivity index (χ2v) is 29.6. The van der Waals surface area contributed by atoms with Crippen LogP contribution in [0.2, 0.25) is 0 Å². The lowest BCUT2D eigenvalue weighted by atomic mass is 9.88. The van der Waals surface area contributed by atoms with E-state index in [9.17, 15) is 157 Å². The Morgan fingerprint density at radius 3 is 1.24 bits per heavy atom. The Hall–Kier alpha value is -4.33. The maximum atomic E-state index is 13.2. The minimum atomic E-state index is -3.30. The van der Waals surface area contributed by atoms with E-state index >= 15 is 0 Å². The van der Waals surface area contributed by atoms with Gasteiger partial charge in [0, 0.05) is 34.1 Å². The molecule has 52 heteroatoms. The fraction of sp³-hybridized carbons (Fsp3) is 0.923. The van der Waals surface area contributed by atoms with Crippen LogP contribution in [0.5, 0.6) is 0 Å². The van der Waals surface area contributed by atoms with Crippen LogP contribution in [-0.4, -0.2) is 497 Å². The summed E-state index contributed by atoms with van der Waals surface area (Å²) in [7, 11) is 0. The van der Waals surface area contributed by atoms with Crippen molar-refractivity contribution in [2.24, 2.45) is 0 Å². The van der Waals surface area contributed by atoms with Crippen LogP contribution in [-0.2, 0) is 104 Å². The van der Waals surface area contributed by atoms with Gasteiger partial charge < -0.3 is 235 Å². The zero-order chi connectivity index (χ0) is 86.6. The Morgan fingerprint density at radius 1 is 0.368 bits per heavy atom. The molecule has 9 fully saturated rings. The Kier molecular flexibility index (Phi) is 34.2. The zero-order valence-electron chi connectivity index (χ0n) is 63.0. The first-order valence-corrected chi connectivity index (χ1v) is 37.1. The van der Waals surface area contributed by atoms with Gasteiger partial charge in [0.1, 0.15) is 207 Å². The van der Waals surface area contributed by atoms with Gasteiger partial charge in [-0.3, -0.25) is 19.2 Å². The molecule has 0 spiro atoms. The van der Waals surface area contributed by atoms with Crippen LogP contribution >= 0.6 is 0 Å². The van der Waals surface area contributed by atoms with Gasteiger partial charge in [-0.1, -0.05) is 0 Å². The summed E-state index contributed by atoms with van der Waals surface area (Å²) in [6.45, 7) is -3.95. The molecule has 4 amide bonds. The first-order chi connectivity index (χ1) is 55.1. The van der Waals surface area contributed by atoms with E-state index in [0.29, 0.717) is 0 Å². The molecule has 0 radical (unpaired) electrons. The van der Waals surface area contributed by atoms with Crippen molar-refractivity contribution in [1.29, 1.82) is 0 Å².